The summed E-state index contributed by atoms with van der Waals surface area (Å²) in [5.74, 6) is 0. The molecule has 0 amide bonds. The third-order valence-electron chi connectivity index (χ3n) is 2.69. The average Bonchev–Trinajstić information content (AvgIpc) is 2.02. The number of methoxy groups -OCH3 is 1. The molecule has 1 fully saturated rings. The molecule has 3 nitrogen and oxygen atoms in total. The second-order valence-electron chi connectivity index (χ2n) is 3.88. The van der Waals surface area contributed by atoms with Gasteiger partial charge in [0.25, 0.3) is 0 Å². The summed E-state index contributed by atoms with van der Waals surface area (Å²) in [6, 6.07) is 0.566. The Balaban J connectivity index is 1.95. The predicted octanol–water partition coefficient (Wildman–Crippen LogP) is 0.914. The molecule has 0 spiro atoms. The van der Waals surface area contributed by atoms with E-state index in [1.54, 1.807) is 7.11 Å². The Labute approximate surface area is 80.5 Å². The van der Waals surface area contributed by atoms with Gasteiger partial charge in [-0.15, -0.1) is 0 Å². The van der Waals surface area contributed by atoms with Crippen LogP contribution in [0.3, 0.4) is 0 Å². The molecule has 78 valence electrons. The molecule has 1 aliphatic carbocycles. The van der Waals surface area contributed by atoms with Crippen molar-refractivity contribution in [3.63, 3.8) is 0 Å². The van der Waals surface area contributed by atoms with Crippen LogP contribution in [0.25, 0.3) is 0 Å². The van der Waals surface area contributed by atoms with Crippen LogP contribution in [0.4, 0.5) is 0 Å². The Kier molecular flexibility index (Phi) is 4.70. The normalized spacial score (nSPS) is 29.8. The van der Waals surface area contributed by atoms with E-state index in [0.29, 0.717) is 12.1 Å². The van der Waals surface area contributed by atoms with Crippen LogP contribution >= 0.6 is 0 Å². The minimum Gasteiger partial charge on any atom is -0.392 e. The Morgan fingerprint density at radius 2 is 2.23 bits per heavy atom. The first-order chi connectivity index (χ1) is 6.26. The Morgan fingerprint density at radius 3 is 2.77 bits per heavy atom. The molecule has 0 saturated heterocycles. The Hall–Kier alpha value is -0.120. The molecule has 2 N–H and O–H groups in total. The third-order valence-corrected chi connectivity index (χ3v) is 2.69. The van der Waals surface area contributed by atoms with Crippen molar-refractivity contribution in [1.82, 2.24) is 5.32 Å². The van der Waals surface area contributed by atoms with Gasteiger partial charge < -0.3 is 15.2 Å². The molecule has 0 bridgehead atoms. The molecule has 0 heterocycles. The zero-order chi connectivity index (χ0) is 9.68. The molecule has 1 aliphatic rings. The van der Waals surface area contributed by atoms with Crippen LogP contribution in [-0.4, -0.2) is 37.0 Å². The number of aliphatic hydroxyl groups is 1. The first-order valence-corrected chi connectivity index (χ1v) is 5.20. The van der Waals surface area contributed by atoms with Crippen LogP contribution in [0, 0.1) is 0 Å². The van der Waals surface area contributed by atoms with E-state index in [1.807, 2.05) is 0 Å². The van der Waals surface area contributed by atoms with Crippen LogP contribution in [0.5, 0.6) is 0 Å². The molecular formula is C10H21NO2. The summed E-state index contributed by atoms with van der Waals surface area (Å²) >= 11 is 0. The summed E-state index contributed by atoms with van der Waals surface area (Å²) in [5.41, 5.74) is 0. The lowest BCUT2D eigenvalue weighted by molar-refractivity contribution is 0.0135. The molecule has 1 rings (SSSR count). The van der Waals surface area contributed by atoms with Gasteiger partial charge in [-0.05, 0) is 19.3 Å². The SMILES string of the molecule is CCCC(O)CNC1CC(OC)C1. The summed E-state index contributed by atoms with van der Waals surface area (Å²) in [6.45, 7) is 2.82. The third kappa shape index (κ3) is 3.63. The van der Waals surface area contributed by atoms with Gasteiger partial charge in [-0.3, -0.25) is 0 Å². The van der Waals surface area contributed by atoms with Crippen molar-refractivity contribution in [2.24, 2.45) is 0 Å². The van der Waals surface area contributed by atoms with E-state index in [0.717, 1.165) is 32.2 Å². The van der Waals surface area contributed by atoms with Gasteiger partial charge in [0, 0.05) is 19.7 Å². The van der Waals surface area contributed by atoms with Gasteiger partial charge >= 0.3 is 0 Å². The molecule has 0 aromatic rings. The highest BCUT2D eigenvalue weighted by Gasteiger charge is 2.28. The van der Waals surface area contributed by atoms with Crippen molar-refractivity contribution in [2.45, 2.75) is 50.9 Å². The van der Waals surface area contributed by atoms with Crippen LogP contribution in [-0.2, 0) is 4.74 Å². The van der Waals surface area contributed by atoms with E-state index in [2.05, 4.69) is 12.2 Å². The predicted molar refractivity (Wildman–Crippen MR) is 52.7 cm³/mol. The van der Waals surface area contributed by atoms with E-state index >= 15 is 0 Å². The molecular weight excluding hydrogens is 166 g/mol. The summed E-state index contributed by atoms with van der Waals surface area (Å²) < 4.78 is 5.17. The van der Waals surface area contributed by atoms with Gasteiger partial charge in [-0.2, -0.15) is 0 Å². The van der Waals surface area contributed by atoms with E-state index in [1.165, 1.54) is 0 Å². The maximum Gasteiger partial charge on any atom is 0.0664 e. The smallest absolute Gasteiger partial charge is 0.0664 e. The molecule has 1 unspecified atom stereocenters. The first-order valence-electron chi connectivity index (χ1n) is 5.20. The molecule has 0 aliphatic heterocycles. The monoisotopic (exact) mass is 187 g/mol. The van der Waals surface area contributed by atoms with E-state index < -0.39 is 0 Å². The molecule has 13 heavy (non-hydrogen) atoms. The van der Waals surface area contributed by atoms with Gasteiger partial charge in [-0.1, -0.05) is 13.3 Å². The topological polar surface area (TPSA) is 41.5 Å². The highest BCUT2D eigenvalue weighted by atomic mass is 16.5. The highest BCUT2D eigenvalue weighted by molar-refractivity contribution is 4.86. The fourth-order valence-electron chi connectivity index (χ4n) is 1.66. The van der Waals surface area contributed by atoms with Crippen LogP contribution in [0.1, 0.15) is 32.6 Å². The lowest BCUT2D eigenvalue weighted by atomic mass is 9.89. The second kappa shape index (κ2) is 5.58. The van der Waals surface area contributed by atoms with Gasteiger partial charge in [0.15, 0.2) is 0 Å². The van der Waals surface area contributed by atoms with Crippen LogP contribution in [0.2, 0.25) is 0 Å². The minimum atomic E-state index is -0.174. The lowest BCUT2D eigenvalue weighted by Gasteiger charge is -2.35. The van der Waals surface area contributed by atoms with Crippen LogP contribution in [0.15, 0.2) is 0 Å². The van der Waals surface area contributed by atoms with Crippen molar-refractivity contribution >= 4 is 0 Å². The molecule has 0 aromatic carbocycles. The Bertz CT molecular complexity index is 135. The maximum atomic E-state index is 9.45. The zero-order valence-electron chi connectivity index (χ0n) is 8.62. The Morgan fingerprint density at radius 1 is 1.54 bits per heavy atom. The quantitative estimate of drug-likeness (QED) is 0.649. The van der Waals surface area contributed by atoms with Gasteiger partial charge in [0.05, 0.1) is 12.2 Å². The van der Waals surface area contributed by atoms with Gasteiger partial charge in [-0.25, -0.2) is 0 Å². The van der Waals surface area contributed by atoms with Crippen LogP contribution < -0.4 is 5.32 Å². The molecule has 0 radical (unpaired) electrons. The van der Waals surface area contributed by atoms with E-state index in [-0.39, 0.29) is 6.10 Å². The van der Waals surface area contributed by atoms with Crippen molar-refractivity contribution in [3.8, 4) is 0 Å². The standard InChI is InChI=1S/C10H21NO2/c1-3-4-9(12)7-11-8-5-10(6-8)13-2/h8-12H,3-7H2,1-2H3. The number of aliphatic hydroxyl groups excluding tert-OH is 1. The first kappa shape index (κ1) is 11.0. The number of hydrogen-bond acceptors (Lipinski definition) is 3. The van der Waals surface area contributed by atoms with E-state index in [4.69, 9.17) is 4.74 Å². The second-order valence-corrected chi connectivity index (χ2v) is 3.88. The number of ether oxygens (including phenoxy) is 1. The maximum absolute atomic E-state index is 9.45. The number of hydrogen-bond donors (Lipinski definition) is 2. The fraction of sp³-hybridized carbons (Fsp3) is 1.00. The highest BCUT2D eigenvalue weighted by Crippen LogP contribution is 2.22. The summed E-state index contributed by atoms with van der Waals surface area (Å²) in [5, 5.41) is 12.8. The van der Waals surface area contributed by atoms with Gasteiger partial charge in [0.1, 0.15) is 0 Å². The molecule has 1 saturated carbocycles. The summed E-state index contributed by atoms with van der Waals surface area (Å²) in [7, 11) is 1.76. The largest absolute Gasteiger partial charge is 0.392 e. The zero-order valence-corrected chi connectivity index (χ0v) is 8.62. The fourth-order valence-corrected chi connectivity index (χ4v) is 1.66. The minimum absolute atomic E-state index is 0.174. The average molecular weight is 187 g/mol. The van der Waals surface area contributed by atoms with Crippen molar-refractivity contribution in [3.05, 3.63) is 0 Å². The lowest BCUT2D eigenvalue weighted by Crippen LogP contribution is -2.47. The summed E-state index contributed by atoms with van der Waals surface area (Å²) in [6.07, 6.45) is 4.40. The number of nitrogens with one attached hydrogen (secondary N) is 1. The molecule has 0 aromatic heterocycles. The van der Waals surface area contributed by atoms with Crippen molar-refractivity contribution < 1.29 is 9.84 Å². The molecule has 1 atom stereocenters. The van der Waals surface area contributed by atoms with Crippen molar-refractivity contribution in [1.29, 1.82) is 0 Å². The number of rotatable bonds is 6. The van der Waals surface area contributed by atoms with E-state index in [9.17, 15) is 5.11 Å². The summed E-state index contributed by atoms with van der Waals surface area (Å²) in [4.78, 5) is 0. The molecule has 3 heteroatoms. The van der Waals surface area contributed by atoms with Crippen molar-refractivity contribution in [2.75, 3.05) is 13.7 Å². The van der Waals surface area contributed by atoms with Gasteiger partial charge in [0.2, 0.25) is 0 Å².